The monoisotopic (exact) mass is 286 g/mol. The molecule has 22 heavy (non-hydrogen) atoms. The maximum atomic E-state index is 5.82. The Morgan fingerprint density at radius 3 is 1.68 bits per heavy atom. The van der Waals surface area contributed by atoms with Crippen molar-refractivity contribution in [2.45, 2.75) is 13.3 Å². The van der Waals surface area contributed by atoms with Crippen molar-refractivity contribution in [2.75, 3.05) is 6.61 Å². The van der Waals surface area contributed by atoms with E-state index in [9.17, 15) is 0 Å². The van der Waals surface area contributed by atoms with E-state index in [2.05, 4.69) is 73.7 Å². The lowest BCUT2D eigenvalue weighted by molar-refractivity contribution is 0.318. The van der Waals surface area contributed by atoms with E-state index >= 15 is 0 Å². The zero-order valence-electron chi connectivity index (χ0n) is 12.7. The topological polar surface area (TPSA) is 9.23 Å². The summed E-state index contributed by atoms with van der Waals surface area (Å²) in [4.78, 5) is 0. The predicted molar refractivity (Wildman–Crippen MR) is 94.7 cm³/mol. The van der Waals surface area contributed by atoms with E-state index < -0.39 is 0 Å². The van der Waals surface area contributed by atoms with Gasteiger partial charge in [-0.05, 0) is 50.9 Å². The van der Waals surface area contributed by atoms with Gasteiger partial charge in [-0.15, -0.1) is 0 Å². The van der Waals surface area contributed by atoms with Crippen molar-refractivity contribution in [3.63, 3.8) is 0 Å². The van der Waals surface area contributed by atoms with Crippen LogP contribution in [-0.2, 0) is 0 Å². The van der Waals surface area contributed by atoms with Crippen LogP contribution < -0.4 is 4.74 Å². The largest absolute Gasteiger partial charge is 0.494 e. The number of hydrogen-bond donors (Lipinski definition) is 0. The van der Waals surface area contributed by atoms with Gasteiger partial charge in [0, 0.05) is 0 Å². The summed E-state index contributed by atoms with van der Waals surface area (Å²) >= 11 is 0. The predicted octanol–water partition coefficient (Wildman–Crippen LogP) is 5.94. The zero-order chi connectivity index (χ0) is 14.9. The molecule has 0 amide bonds. The van der Waals surface area contributed by atoms with Crippen molar-refractivity contribution in [2.24, 2.45) is 0 Å². The third-order valence-corrected chi connectivity index (χ3v) is 4.19. The van der Waals surface area contributed by atoms with Gasteiger partial charge in [0.25, 0.3) is 0 Å². The highest BCUT2D eigenvalue weighted by atomic mass is 16.5. The van der Waals surface area contributed by atoms with Crippen LogP contribution in [0.3, 0.4) is 0 Å². The van der Waals surface area contributed by atoms with Crippen LogP contribution in [0.15, 0.2) is 66.7 Å². The van der Waals surface area contributed by atoms with E-state index in [4.69, 9.17) is 4.74 Å². The summed E-state index contributed by atoms with van der Waals surface area (Å²) in [6.07, 6.45) is 1.02. The van der Waals surface area contributed by atoms with Crippen LogP contribution in [0.25, 0.3) is 32.3 Å². The first-order chi connectivity index (χ1) is 10.9. The lowest BCUT2D eigenvalue weighted by Gasteiger charge is -2.12. The van der Waals surface area contributed by atoms with Gasteiger partial charge in [-0.2, -0.15) is 0 Å². The number of hydrogen-bond acceptors (Lipinski definition) is 1. The summed E-state index contributed by atoms with van der Waals surface area (Å²) in [5.41, 5.74) is 0. The Labute approximate surface area is 130 Å². The third-order valence-electron chi connectivity index (χ3n) is 4.19. The van der Waals surface area contributed by atoms with Crippen molar-refractivity contribution in [3.8, 4) is 5.75 Å². The van der Waals surface area contributed by atoms with Crippen LogP contribution in [0.1, 0.15) is 13.3 Å². The number of ether oxygens (including phenoxy) is 1. The standard InChI is InChI=1S/C21H18O/c1-2-13-22-15-11-12-20-18-9-4-3-7-16(18)17-8-5-6-10-19(17)21(20)14-15/h3-12,14H,2,13H2,1H3. The molecule has 0 unspecified atom stereocenters. The lowest BCUT2D eigenvalue weighted by Crippen LogP contribution is -1.94. The SMILES string of the molecule is CCCOc1ccc2c3ccccc3c3ccccc3c2c1. The van der Waals surface area contributed by atoms with Crippen molar-refractivity contribution in [3.05, 3.63) is 66.7 Å². The highest BCUT2D eigenvalue weighted by Crippen LogP contribution is 2.36. The highest BCUT2D eigenvalue weighted by Gasteiger charge is 2.08. The van der Waals surface area contributed by atoms with Crippen LogP contribution >= 0.6 is 0 Å². The molecule has 0 N–H and O–H groups in total. The van der Waals surface area contributed by atoms with Gasteiger partial charge in [-0.3, -0.25) is 0 Å². The Balaban J connectivity index is 2.12. The lowest BCUT2D eigenvalue weighted by atomic mass is 9.94. The quantitative estimate of drug-likeness (QED) is 0.424. The fourth-order valence-electron chi connectivity index (χ4n) is 3.20. The van der Waals surface area contributed by atoms with Crippen molar-refractivity contribution < 1.29 is 4.74 Å². The van der Waals surface area contributed by atoms with Crippen LogP contribution in [0.4, 0.5) is 0 Å². The second-order valence-corrected chi connectivity index (χ2v) is 5.65. The van der Waals surface area contributed by atoms with Crippen LogP contribution in [0, 0.1) is 0 Å². The minimum atomic E-state index is 0.761. The summed E-state index contributed by atoms with van der Waals surface area (Å²) in [7, 11) is 0. The second kappa shape index (κ2) is 5.34. The fourth-order valence-corrected chi connectivity index (χ4v) is 3.20. The van der Waals surface area contributed by atoms with E-state index in [0.717, 1.165) is 18.8 Å². The van der Waals surface area contributed by atoms with Crippen molar-refractivity contribution in [1.29, 1.82) is 0 Å². The number of benzene rings is 4. The Hall–Kier alpha value is -2.54. The summed E-state index contributed by atoms with van der Waals surface area (Å²) in [5, 5.41) is 7.77. The first-order valence-electron chi connectivity index (χ1n) is 7.84. The van der Waals surface area contributed by atoms with Gasteiger partial charge in [0.05, 0.1) is 6.61 Å². The molecule has 0 bridgehead atoms. The van der Waals surface area contributed by atoms with E-state index in [1.807, 2.05) is 0 Å². The Kier molecular flexibility index (Phi) is 3.19. The minimum Gasteiger partial charge on any atom is -0.494 e. The molecule has 0 aromatic heterocycles. The summed E-state index contributed by atoms with van der Waals surface area (Å²) in [6, 6.07) is 23.7. The molecule has 0 atom stereocenters. The van der Waals surface area contributed by atoms with Gasteiger partial charge in [0.2, 0.25) is 0 Å². The van der Waals surface area contributed by atoms with Gasteiger partial charge in [-0.1, -0.05) is 61.5 Å². The molecule has 0 saturated carbocycles. The van der Waals surface area contributed by atoms with E-state index in [-0.39, 0.29) is 0 Å². The molecular weight excluding hydrogens is 268 g/mol. The van der Waals surface area contributed by atoms with Crippen LogP contribution in [0.2, 0.25) is 0 Å². The maximum Gasteiger partial charge on any atom is 0.119 e. The van der Waals surface area contributed by atoms with Gasteiger partial charge in [0.15, 0.2) is 0 Å². The fraction of sp³-hybridized carbons (Fsp3) is 0.143. The first kappa shape index (κ1) is 13.1. The summed E-state index contributed by atoms with van der Waals surface area (Å²) < 4.78 is 5.82. The van der Waals surface area contributed by atoms with Gasteiger partial charge in [0.1, 0.15) is 5.75 Å². The summed E-state index contributed by atoms with van der Waals surface area (Å²) in [5.74, 6) is 0.954. The normalized spacial score (nSPS) is 11.3. The minimum absolute atomic E-state index is 0.761. The molecule has 0 saturated heterocycles. The second-order valence-electron chi connectivity index (χ2n) is 5.65. The molecule has 1 heteroatoms. The van der Waals surface area contributed by atoms with E-state index in [1.54, 1.807) is 0 Å². The smallest absolute Gasteiger partial charge is 0.119 e. The molecule has 4 aromatic carbocycles. The molecule has 4 rings (SSSR count). The molecule has 0 spiro atoms. The molecule has 1 nitrogen and oxygen atoms in total. The van der Waals surface area contributed by atoms with Crippen molar-refractivity contribution in [1.82, 2.24) is 0 Å². The van der Waals surface area contributed by atoms with Gasteiger partial charge < -0.3 is 4.74 Å². The Morgan fingerprint density at radius 1 is 0.636 bits per heavy atom. The third kappa shape index (κ3) is 2.01. The number of fused-ring (bicyclic) bond motifs is 6. The maximum absolute atomic E-state index is 5.82. The molecule has 108 valence electrons. The van der Waals surface area contributed by atoms with Gasteiger partial charge >= 0.3 is 0 Å². The Bertz CT molecular complexity index is 934. The van der Waals surface area contributed by atoms with Crippen molar-refractivity contribution >= 4 is 32.3 Å². The van der Waals surface area contributed by atoms with Gasteiger partial charge in [-0.25, -0.2) is 0 Å². The molecule has 0 radical (unpaired) electrons. The molecular formula is C21H18O. The molecule has 4 aromatic rings. The molecule has 0 aliphatic carbocycles. The van der Waals surface area contributed by atoms with E-state index in [1.165, 1.54) is 32.3 Å². The molecule has 0 aliphatic heterocycles. The molecule has 0 aliphatic rings. The molecule has 0 heterocycles. The van der Waals surface area contributed by atoms with E-state index in [0.29, 0.717) is 0 Å². The Morgan fingerprint density at radius 2 is 1.14 bits per heavy atom. The average molecular weight is 286 g/mol. The molecule has 0 fully saturated rings. The zero-order valence-corrected chi connectivity index (χ0v) is 12.7. The first-order valence-corrected chi connectivity index (χ1v) is 7.84. The number of rotatable bonds is 3. The highest BCUT2D eigenvalue weighted by molar-refractivity contribution is 6.25. The summed E-state index contributed by atoms with van der Waals surface area (Å²) in [6.45, 7) is 2.89. The van der Waals surface area contributed by atoms with Crippen LogP contribution in [-0.4, -0.2) is 6.61 Å². The average Bonchev–Trinajstić information content (AvgIpc) is 2.60. The van der Waals surface area contributed by atoms with Crippen LogP contribution in [0.5, 0.6) is 5.75 Å².